The van der Waals surface area contributed by atoms with Crippen molar-refractivity contribution >= 4 is 5.71 Å². The highest BCUT2D eigenvalue weighted by atomic mass is 16.6. The van der Waals surface area contributed by atoms with Gasteiger partial charge in [-0.3, -0.25) is 0 Å². The van der Waals surface area contributed by atoms with Crippen LogP contribution in [0.2, 0.25) is 0 Å². The minimum Gasteiger partial charge on any atom is -0.391 e. The van der Waals surface area contributed by atoms with E-state index in [-0.39, 0.29) is 0 Å². The van der Waals surface area contributed by atoms with E-state index >= 15 is 0 Å². The van der Waals surface area contributed by atoms with E-state index in [4.69, 9.17) is 10.6 Å². The van der Waals surface area contributed by atoms with Gasteiger partial charge in [-0.2, -0.15) is 0 Å². The molecule has 3 heteroatoms. The molecule has 0 atom stereocenters. The first-order valence-electron chi connectivity index (χ1n) is 4.22. The van der Waals surface area contributed by atoms with E-state index in [0.717, 1.165) is 11.3 Å². The van der Waals surface area contributed by atoms with Crippen LogP contribution in [0.25, 0.3) is 0 Å². The Hall–Kier alpha value is -1.35. The second kappa shape index (κ2) is 5.32. The molecular formula is C10H14N2O. The molecule has 1 aromatic carbocycles. The molecule has 0 unspecified atom stereocenters. The summed E-state index contributed by atoms with van der Waals surface area (Å²) in [5.41, 5.74) is 7.25. The normalized spacial score (nSPS) is 11.4. The average molecular weight is 178 g/mol. The van der Waals surface area contributed by atoms with E-state index < -0.39 is 0 Å². The molecule has 0 aliphatic heterocycles. The zero-order valence-electron chi connectivity index (χ0n) is 7.73. The lowest BCUT2D eigenvalue weighted by molar-refractivity contribution is 0.130. The van der Waals surface area contributed by atoms with Crippen molar-refractivity contribution in [1.82, 2.24) is 0 Å². The number of nitrogens with two attached hydrogens (primary N) is 1. The van der Waals surface area contributed by atoms with Crippen LogP contribution in [0.15, 0.2) is 35.5 Å². The highest BCUT2D eigenvalue weighted by Gasteiger charge is 1.90. The molecule has 0 aromatic heterocycles. The van der Waals surface area contributed by atoms with Crippen molar-refractivity contribution in [2.45, 2.75) is 13.5 Å². The summed E-state index contributed by atoms with van der Waals surface area (Å²) >= 11 is 0. The molecule has 0 heterocycles. The molecular weight excluding hydrogens is 164 g/mol. The van der Waals surface area contributed by atoms with Gasteiger partial charge in [0.15, 0.2) is 0 Å². The van der Waals surface area contributed by atoms with Gasteiger partial charge in [0.1, 0.15) is 6.61 Å². The highest BCUT2D eigenvalue weighted by molar-refractivity contribution is 5.83. The van der Waals surface area contributed by atoms with Gasteiger partial charge in [-0.1, -0.05) is 35.5 Å². The first-order valence-corrected chi connectivity index (χ1v) is 4.22. The fourth-order valence-corrected chi connectivity index (χ4v) is 0.829. The maximum absolute atomic E-state index is 5.34. The monoisotopic (exact) mass is 178 g/mol. The number of nitrogens with zero attached hydrogens (tertiary/aromatic N) is 1. The molecule has 0 fully saturated rings. The van der Waals surface area contributed by atoms with Crippen molar-refractivity contribution < 1.29 is 4.84 Å². The van der Waals surface area contributed by atoms with Gasteiger partial charge in [0.05, 0.1) is 5.71 Å². The fourth-order valence-electron chi connectivity index (χ4n) is 0.829. The lowest BCUT2D eigenvalue weighted by Gasteiger charge is -2.00. The largest absolute Gasteiger partial charge is 0.391 e. The maximum Gasteiger partial charge on any atom is 0.142 e. The molecule has 0 saturated carbocycles. The van der Waals surface area contributed by atoms with Crippen molar-refractivity contribution in [2.24, 2.45) is 10.9 Å². The summed E-state index contributed by atoms with van der Waals surface area (Å²) in [6.07, 6.45) is 0. The van der Waals surface area contributed by atoms with Crippen LogP contribution in [0, 0.1) is 0 Å². The molecule has 0 aliphatic rings. The van der Waals surface area contributed by atoms with Gasteiger partial charge in [-0.05, 0) is 12.5 Å². The third-order valence-corrected chi connectivity index (χ3v) is 1.59. The second-order valence-corrected chi connectivity index (χ2v) is 2.79. The predicted molar refractivity (Wildman–Crippen MR) is 53.4 cm³/mol. The van der Waals surface area contributed by atoms with E-state index in [2.05, 4.69) is 5.16 Å². The Morgan fingerprint density at radius 1 is 1.38 bits per heavy atom. The van der Waals surface area contributed by atoms with Crippen LogP contribution < -0.4 is 5.73 Å². The van der Waals surface area contributed by atoms with Crippen LogP contribution in [0.1, 0.15) is 12.5 Å². The molecule has 13 heavy (non-hydrogen) atoms. The third kappa shape index (κ3) is 3.71. The van der Waals surface area contributed by atoms with Crippen molar-refractivity contribution in [3.8, 4) is 0 Å². The molecule has 70 valence electrons. The predicted octanol–water partition coefficient (Wildman–Crippen LogP) is 1.54. The molecule has 2 N–H and O–H groups in total. The zero-order chi connectivity index (χ0) is 9.52. The molecule has 0 bridgehead atoms. The van der Waals surface area contributed by atoms with Gasteiger partial charge in [0, 0.05) is 6.54 Å². The first-order chi connectivity index (χ1) is 6.33. The minimum atomic E-state index is 0.439. The topological polar surface area (TPSA) is 47.6 Å². The molecule has 0 aliphatic carbocycles. The number of benzene rings is 1. The average Bonchev–Trinajstić information content (AvgIpc) is 2.19. The number of hydrogen-bond acceptors (Lipinski definition) is 3. The van der Waals surface area contributed by atoms with Gasteiger partial charge in [-0.15, -0.1) is 0 Å². The van der Waals surface area contributed by atoms with Crippen molar-refractivity contribution in [2.75, 3.05) is 6.54 Å². The van der Waals surface area contributed by atoms with Crippen molar-refractivity contribution in [3.63, 3.8) is 0 Å². The molecule has 1 rings (SSSR count). The number of oxime groups is 1. The summed E-state index contributed by atoms with van der Waals surface area (Å²) < 4.78 is 0. The van der Waals surface area contributed by atoms with Gasteiger partial charge >= 0.3 is 0 Å². The molecule has 1 aromatic rings. The number of hydrogen-bond donors (Lipinski definition) is 1. The Bertz CT molecular complexity index is 270. The van der Waals surface area contributed by atoms with Gasteiger partial charge in [0.25, 0.3) is 0 Å². The van der Waals surface area contributed by atoms with Crippen LogP contribution >= 0.6 is 0 Å². The Morgan fingerprint density at radius 3 is 2.69 bits per heavy atom. The van der Waals surface area contributed by atoms with E-state index in [0.29, 0.717) is 13.2 Å². The Kier molecular flexibility index (Phi) is 3.99. The maximum atomic E-state index is 5.34. The summed E-state index contributed by atoms with van der Waals surface area (Å²) in [5.74, 6) is 0. The van der Waals surface area contributed by atoms with Crippen LogP contribution in [-0.2, 0) is 11.4 Å². The SMILES string of the molecule is CC(CN)=NOCc1ccccc1. The molecule has 0 amide bonds. The lowest BCUT2D eigenvalue weighted by Crippen LogP contribution is -2.09. The van der Waals surface area contributed by atoms with E-state index in [1.54, 1.807) is 0 Å². The lowest BCUT2D eigenvalue weighted by atomic mass is 10.2. The molecule has 3 nitrogen and oxygen atoms in total. The summed E-state index contributed by atoms with van der Waals surface area (Å²) in [6, 6.07) is 9.90. The van der Waals surface area contributed by atoms with Gasteiger partial charge in [0.2, 0.25) is 0 Å². The Morgan fingerprint density at radius 2 is 2.08 bits per heavy atom. The van der Waals surface area contributed by atoms with Gasteiger partial charge < -0.3 is 10.6 Å². The van der Waals surface area contributed by atoms with Crippen LogP contribution in [0.5, 0.6) is 0 Å². The molecule has 0 saturated heterocycles. The van der Waals surface area contributed by atoms with Crippen LogP contribution in [0.4, 0.5) is 0 Å². The Balaban J connectivity index is 2.36. The van der Waals surface area contributed by atoms with E-state index in [1.165, 1.54) is 0 Å². The molecule has 0 spiro atoms. The van der Waals surface area contributed by atoms with Crippen LogP contribution in [0.3, 0.4) is 0 Å². The standard InChI is InChI=1S/C10H14N2O/c1-9(7-11)12-13-8-10-5-3-2-4-6-10/h2-6H,7-8,11H2,1H3. The Labute approximate surface area is 78.2 Å². The van der Waals surface area contributed by atoms with Gasteiger partial charge in [-0.25, -0.2) is 0 Å². The third-order valence-electron chi connectivity index (χ3n) is 1.59. The highest BCUT2D eigenvalue weighted by Crippen LogP contribution is 2.00. The summed E-state index contributed by atoms with van der Waals surface area (Å²) in [6.45, 7) is 2.78. The first kappa shape index (κ1) is 9.74. The smallest absolute Gasteiger partial charge is 0.142 e. The van der Waals surface area contributed by atoms with E-state index in [1.807, 2.05) is 37.3 Å². The fraction of sp³-hybridized carbons (Fsp3) is 0.300. The summed E-state index contributed by atoms with van der Waals surface area (Å²) in [4.78, 5) is 5.08. The quantitative estimate of drug-likeness (QED) is 0.561. The second-order valence-electron chi connectivity index (χ2n) is 2.79. The zero-order valence-corrected chi connectivity index (χ0v) is 7.73. The summed E-state index contributed by atoms with van der Waals surface area (Å²) in [5, 5.41) is 3.83. The van der Waals surface area contributed by atoms with E-state index in [9.17, 15) is 0 Å². The molecule has 0 radical (unpaired) electrons. The summed E-state index contributed by atoms with van der Waals surface area (Å²) in [7, 11) is 0. The number of rotatable bonds is 4. The minimum absolute atomic E-state index is 0.439. The van der Waals surface area contributed by atoms with Crippen LogP contribution in [-0.4, -0.2) is 12.3 Å². The van der Waals surface area contributed by atoms with Crippen molar-refractivity contribution in [1.29, 1.82) is 0 Å². The van der Waals surface area contributed by atoms with Crippen molar-refractivity contribution in [3.05, 3.63) is 35.9 Å².